The molecule has 0 saturated carbocycles. The molecule has 1 heterocycles. The Kier molecular flexibility index (Phi) is 8.85. The number of aliphatic hydroxyl groups is 1. The average molecular weight is 358 g/mol. The van der Waals surface area contributed by atoms with Gasteiger partial charge in [0, 0.05) is 12.0 Å². The summed E-state index contributed by atoms with van der Waals surface area (Å²) in [7, 11) is 0. The summed E-state index contributed by atoms with van der Waals surface area (Å²) in [6.07, 6.45) is 8.67. The molecule has 2 unspecified atom stereocenters. The number of hydroxylamine groups is 2. The van der Waals surface area contributed by atoms with Crippen molar-refractivity contribution in [3.63, 3.8) is 0 Å². The van der Waals surface area contributed by atoms with Crippen LogP contribution in [0.5, 0.6) is 0 Å². The van der Waals surface area contributed by atoms with E-state index in [1.54, 1.807) is 13.8 Å². The molecule has 0 aromatic carbocycles. The minimum atomic E-state index is -0.823. The zero-order valence-electron chi connectivity index (χ0n) is 16.9. The first kappa shape index (κ1) is 22.4. The summed E-state index contributed by atoms with van der Waals surface area (Å²) < 4.78 is 5.55. The van der Waals surface area contributed by atoms with E-state index in [2.05, 4.69) is 6.92 Å². The summed E-state index contributed by atoms with van der Waals surface area (Å²) in [6.45, 7) is 9.55. The lowest BCUT2D eigenvalue weighted by Gasteiger charge is -2.53. The standard InChI is InChI=1S/C20H39NO4/c1-6-7-8-9-10-11-12-13-14-17(23)25-18-16(22)15-19(2,3)21(24)20(18,4)5/h16,18,22,24H,6-15H2,1-5H3. The van der Waals surface area contributed by atoms with Gasteiger partial charge in [0.05, 0.1) is 11.6 Å². The highest BCUT2D eigenvalue weighted by molar-refractivity contribution is 5.69. The van der Waals surface area contributed by atoms with Gasteiger partial charge in [0.25, 0.3) is 0 Å². The predicted octanol–water partition coefficient (Wildman–Crippen LogP) is 4.44. The molecular weight excluding hydrogens is 318 g/mol. The van der Waals surface area contributed by atoms with E-state index >= 15 is 0 Å². The first-order valence-corrected chi connectivity index (χ1v) is 9.99. The molecule has 148 valence electrons. The molecule has 5 nitrogen and oxygen atoms in total. The van der Waals surface area contributed by atoms with E-state index in [9.17, 15) is 15.1 Å². The number of hydrogen-bond acceptors (Lipinski definition) is 5. The number of esters is 1. The van der Waals surface area contributed by atoms with E-state index in [1.807, 2.05) is 13.8 Å². The lowest BCUT2D eigenvalue weighted by molar-refractivity contribution is -0.293. The third-order valence-electron chi connectivity index (χ3n) is 5.37. The molecule has 5 heteroatoms. The minimum absolute atomic E-state index is 0.281. The van der Waals surface area contributed by atoms with Gasteiger partial charge in [0.2, 0.25) is 0 Å². The van der Waals surface area contributed by atoms with E-state index in [0.29, 0.717) is 12.8 Å². The molecule has 25 heavy (non-hydrogen) atoms. The molecule has 2 atom stereocenters. The van der Waals surface area contributed by atoms with Crippen molar-refractivity contribution >= 4 is 5.97 Å². The Hall–Kier alpha value is -0.650. The van der Waals surface area contributed by atoms with E-state index in [4.69, 9.17) is 4.74 Å². The molecule has 1 aliphatic heterocycles. The smallest absolute Gasteiger partial charge is 0.306 e. The van der Waals surface area contributed by atoms with Crippen molar-refractivity contribution in [1.29, 1.82) is 0 Å². The Morgan fingerprint density at radius 3 is 2.12 bits per heavy atom. The number of carbonyl (C=O) groups is 1. The van der Waals surface area contributed by atoms with Gasteiger partial charge in [-0.15, -0.1) is 0 Å². The molecular formula is C20H39NO4. The van der Waals surface area contributed by atoms with Crippen LogP contribution in [0.15, 0.2) is 0 Å². The molecule has 1 fully saturated rings. The Labute approximate surface area is 153 Å². The number of carbonyl (C=O) groups excluding carboxylic acids is 1. The number of ether oxygens (including phenoxy) is 1. The van der Waals surface area contributed by atoms with E-state index in [1.165, 1.54) is 37.2 Å². The summed E-state index contributed by atoms with van der Waals surface area (Å²) in [4.78, 5) is 12.2. The van der Waals surface area contributed by atoms with Crippen molar-refractivity contribution in [3.8, 4) is 0 Å². The van der Waals surface area contributed by atoms with Crippen molar-refractivity contribution in [3.05, 3.63) is 0 Å². The second-order valence-corrected chi connectivity index (χ2v) is 8.68. The molecule has 2 N–H and O–H groups in total. The molecule has 1 saturated heterocycles. The van der Waals surface area contributed by atoms with Gasteiger partial charge in [0.1, 0.15) is 6.10 Å². The van der Waals surface area contributed by atoms with Gasteiger partial charge in [-0.1, -0.05) is 51.9 Å². The second-order valence-electron chi connectivity index (χ2n) is 8.68. The van der Waals surface area contributed by atoms with Gasteiger partial charge in [-0.05, 0) is 40.5 Å². The first-order valence-electron chi connectivity index (χ1n) is 9.99. The van der Waals surface area contributed by atoms with Crippen LogP contribution in [0.1, 0.15) is 98.8 Å². The third-order valence-corrected chi connectivity index (χ3v) is 5.37. The monoisotopic (exact) mass is 357 g/mol. The van der Waals surface area contributed by atoms with Crippen LogP contribution in [0, 0.1) is 0 Å². The van der Waals surface area contributed by atoms with Crippen molar-refractivity contribution in [1.82, 2.24) is 5.06 Å². The van der Waals surface area contributed by atoms with Crippen LogP contribution >= 0.6 is 0 Å². The summed E-state index contributed by atoms with van der Waals surface area (Å²) in [5.41, 5.74) is -1.38. The predicted molar refractivity (Wildman–Crippen MR) is 99.5 cm³/mol. The highest BCUT2D eigenvalue weighted by Gasteiger charge is 2.53. The van der Waals surface area contributed by atoms with Crippen LogP contribution in [-0.4, -0.2) is 44.6 Å². The first-order chi connectivity index (χ1) is 11.6. The number of unbranched alkanes of at least 4 members (excludes halogenated alkanes) is 7. The summed E-state index contributed by atoms with van der Waals surface area (Å²) in [6, 6.07) is 0. The lowest BCUT2D eigenvalue weighted by Crippen LogP contribution is -2.68. The van der Waals surface area contributed by atoms with E-state index in [0.717, 1.165) is 19.3 Å². The van der Waals surface area contributed by atoms with Crippen molar-refractivity contribution in [2.24, 2.45) is 0 Å². The van der Waals surface area contributed by atoms with Gasteiger partial charge in [-0.3, -0.25) is 4.79 Å². The fraction of sp³-hybridized carbons (Fsp3) is 0.950. The topological polar surface area (TPSA) is 70.0 Å². The third kappa shape index (κ3) is 6.54. The molecule has 0 amide bonds. The van der Waals surface area contributed by atoms with Crippen molar-refractivity contribution in [2.45, 2.75) is 122 Å². The van der Waals surface area contributed by atoms with Crippen LogP contribution in [0.25, 0.3) is 0 Å². The second kappa shape index (κ2) is 9.89. The average Bonchev–Trinajstić information content (AvgIpc) is 2.52. The molecule has 0 radical (unpaired) electrons. The van der Waals surface area contributed by atoms with Gasteiger partial charge in [0.15, 0.2) is 0 Å². The number of rotatable bonds is 10. The SMILES string of the molecule is CCCCCCCCCCC(=O)OC1C(O)CC(C)(C)N(O)C1(C)C. The molecule has 0 aliphatic carbocycles. The lowest BCUT2D eigenvalue weighted by atomic mass is 9.78. The number of piperidine rings is 1. The highest BCUT2D eigenvalue weighted by atomic mass is 16.6. The van der Waals surface area contributed by atoms with Gasteiger partial charge in [-0.25, -0.2) is 0 Å². The molecule has 0 spiro atoms. The van der Waals surface area contributed by atoms with Crippen LogP contribution in [-0.2, 0) is 9.53 Å². The Morgan fingerprint density at radius 1 is 1.04 bits per heavy atom. The summed E-state index contributed by atoms with van der Waals surface area (Å²) >= 11 is 0. The minimum Gasteiger partial charge on any atom is -0.458 e. The zero-order valence-corrected chi connectivity index (χ0v) is 16.9. The van der Waals surface area contributed by atoms with E-state index < -0.39 is 23.3 Å². The van der Waals surface area contributed by atoms with Gasteiger partial charge >= 0.3 is 5.97 Å². The van der Waals surface area contributed by atoms with E-state index in [-0.39, 0.29) is 5.97 Å². The maximum atomic E-state index is 12.2. The van der Waals surface area contributed by atoms with Gasteiger partial charge < -0.3 is 15.1 Å². The van der Waals surface area contributed by atoms with Crippen LogP contribution in [0.4, 0.5) is 0 Å². The zero-order chi connectivity index (χ0) is 19.1. The van der Waals surface area contributed by atoms with Crippen molar-refractivity contribution in [2.75, 3.05) is 0 Å². The number of nitrogens with zero attached hydrogens (tertiary/aromatic N) is 1. The molecule has 0 bridgehead atoms. The van der Waals surface area contributed by atoms with Crippen LogP contribution in [0.3, 0.4) is 0 Å². The number of aliphatic hydroxyl groups excluding tert-OH is 1. The van der Waals surface area contributed by atoms with Crippen molar-refractivity contribution < 1.29 is 19.8 Å². The number of hydrogen-bond donors (Lipinski definition) is 2. The fourth-order valence-corrected chi connectivity index (χ4v) is 3.90. The van der Waals surface area contributed by atoms with Gasteiger partial charge in [-0.2, -0.15) is 5.06 Å². The maximum Gasteiger partial charge on any atom is 0.306 e. The Morgan fingerprint density at radius 2 is 1.56 bits per heavy atom. The Balaban J connectivity index is 2.34. The quantitative estimate of drug-likeness (QED) is 0.447. The maximum absolute atomic E-state index is 12.2. The van der Waals surface area contributed by atoms with Crippen LogP contribution in [0.2, 0.25) is 0 Å². The Bertz CT molecular complexity index is 409. The molecule has 0 aromatic rings. The molecule has 1 aliphatic rings. The normalized spacial score (nSPS) is 25.7. The van der Waals surface area contributed by atoms with Crippen LogP contribution < -0.4 is 0 Å². The largest absolute Gasteiger partial charge is 0.458 e. The summed E-state index contributed by atoms with van der Waals surface area (Å²) in [5, 5.41) is 22.1. The molecule has 0 aromatic heterocycles. The fourth-order valence-electron chi connectivity index (χ4n) is 3.90. The highest BCUT2D eigenvalue weighted by Crippen LogP contribution is 2.38. The summed E-state index contributed by atoms with van der Waals surface area (Å²) in [5.74, 6) is -0.281. The molecule has 1 rings (SSSR count).